The van der Waals surface area contributed by atoms with Crippen molar-refractivity contribution in [3.05, 3.63) is 66.4 Å². The van der Waals surface area contributed by atoms with Crippen molar-refractivity contribution in [3.63, 3.8) is 0 Å². The number of carbonyl (C=O) groups excluding carboxylic acids is 2. The largest absolute Gasteiger partial charge is 0.355 e. The quantitative estimate of drug-likeness (QED) is 0.654. The maximum atomic E-state index is 12.4. The zero-order valence-electron chi connectivity index (χ0n) is 16.9. The minimum Gasteiger partial charge on any atom is -0.355 e. The van der Waals surface area contributed by atoms with Gasteiger partial charge in [-0.25, -0.2) is 4.98 Å². The first kappa shape index (κ1) is 19.9. The fraction of sp³-hybridized carbons (Fsp3) is 0.292. The van der Waals surface area contributed by atoms with E-state index < -0.39 is 0 Å². The number of carbonyl (C=O) groups is 2. The van der Waals surface area contributed by atoms with E-state index >= 15 is 0 Å². The zero-order valence-corrected chi connectivity index (χ0v) is 16.9. The van der Waals surface area contributed by atoms with Crippen molar-refractivity contribution in [1.29, 1.82) is 0 Å². The summed E-state index contributed by atoms with van der Waals surface area (Å²) in [5.74, 6) is 0.509. The lowest BCUT2D eigenvalue weighted by molar-refractivity contribution is -0.116. The Balaban J connectivity index is 1.31. The van der Waals surface area contributed by atoms with Crippen molar-refractivity contribution >= 4 is 34.1 Å². The van der Waals surface area contributed by atoms with E-state index in [1.165, 1.54) is 6.42 Å². The Labute approximate surface area is 176 Å². The van der Waals surface area contributed by atoms with E-state index in [9.17, 15) is 9.59 Å². The molecule has 0 bridgehead atoms. The summed E-state index contributed by atoms with van der Waals surface area (Å²) in [6, 6.07) is 17.2. The molecule has 4 rings (SSSR count). The molecule has 2 heterocycles. The van der Waals surface area contributed by atoms with Gasteiger partial charge in [0.2, 0.25) is 5.91 Å². The second-order valence-electron chi connectivity index (χ2n) is 7.54. The summed E-state index contributed by atoms with van der Waals surface area (Å²) >= 11 is 0. The molecule has 6 heteroatoms. The van der Waals surface area contributed by atoms with E-state index in [4.69, 9.17) is 0 Å². The summed E-state index contributed by atoms with van der Waals surface area (Å²) in [6.07, 6.45) is 5.48. The molecule has 1 aromatic heterocycles. The molecule has 1 fully saturated rings. The van der Waals surface area contributed by atoms with Gasteiger partial charge in [0.15, 0.2) is 5.82 Å². The van der Waals surface area contributed by atoms with E-state index in [1.807, 2.05) is 48.5 Å². The minimum atomic E-state index is -0.177. The van der Waals surface area contributed by atoms with Crippen LogP contribution in [-0.2, 0) is 4.79 Å². The molecule has 1 aliphatic rings. The Kier molecular flexibility index (Phi) is 6.23. The molecule has 2 aromatic carbocycles. The van der Waals surface area contributed by atoms with Crippen LogP contribution in [0.25, 0.3) is 10.8 Å². The molecule has 2 N–H and O–H groups in total. The molecule has 1 aliphatic heterocycles. The molecule has 0 radical (unpaired) electrons. The lowest BCUT2D eigenvalue weighted by Crippen LogP contribution is -2.31. The number of piperidine rings is 1. The molecule has 30 heavy (non-hydrogen) atoms. The van der Waals surface area contributed by atoms with Crippen LogP contribution in [0.1, 0.15) is 36.0 Å². The average molecular weight is 402 g/mol. The van der Waals surface area contributed by atoms with Crippen molar-refractivity contribution in [3.8, 4) is 0 Å². The number of pyridine rings is 1. The van der Waals surface area contributed by atoms with Crippen LogP contribution in [0.5, 0.6) is 0 Å². The van der Waals surface area contributed by atoms with Gasteiger partial charge in [-0.2, -0.15) is 0 Å². The number of benzene rings is 2. The molecule has 1 saturated heterocycles. The van der Waals surface area contributed by atoms with Gasteiger partial charge in [0.25, 0.3) is 5.91 Å². The Hall–Kier alpha value is -3.41. The summed E-state index contributed by atoms with van der Waals surface area (Å²) in [4.78, 5) is 31.6. The van der Waals surface area contributed by atoms with Crippen LogP contribution in [0.4, 0.5) is 11.5 Å². The smallest absolute Gasteiger partial charge is 0.251 e. The highest BCUT2D eigenvalue weighted by molar-refractivity contribution is 5.99. The number of anilines is 2. The summed E-state index contributed by atoms with van der Waals surface area (Å²) in [5.41, 5.74) is 1.32. The van der Waals surface area contributed by atoms with Gasteiger partial charge in [-0.15, -0.1) is 0 Å². The van der Waals surface area contributed by atoms with Gasteiger partial charge in [0, 0.05) is 37.8 Å². The van der Waals surface area contributed by atoms with E-state index in [-0.39, 0.29) is 24.8 Å². The highest BCUT2D eigenvalue weighted by Crippen LogP contribution is 2.25. The predicted octanol–water partition coefficient (Wildman–Crippen LogP) is 3.98. The summed E-state index contributed by atoms with van der Waals surface area (Å²) in [5, 5.41) is 7.89. The van der Waals surface area contributed by atoms with Crippen LogP contribution >= 0.6 is 0 Å². The molecule has 0 unspecified atom stereocenters. The van der Waals surface area contributed by atoms with Crippen LogP contribution in [0.2, 0.25) is 0 Å². The molecule has 0 aliphatic carbocycles. The van der Waals surface area contributed by atoms with Crippen LogP contribution in [-0.4, -0.2) is 36.4 Å². The second-order valence-corrected chi connectivity index (χ2v) is 7.54. The fourth-order valence-electron chi connectivity index (χ4n) is 3.79. The van der Waals surface area contributed by atoms with Crippen molar-refractivity contribution < 1.29 is 9.59 Å². The molecule has 6 nitrogen and oxygen atoms in total. The highest BCUT2D eigenvalue weighted by atomic mass is 16.2. The van der Waals surface area contributed by atoms with Gasteiger partial charge in [-0.05, 0) is 54.3 Å². The van der Waals surface area contributed by atoms with Crippen molar-refractivity contribution in [1.82, 2.24) is 10.3 Å². The minimum absolute atomic E-state index is 0.139. The van der Waals surface area contributed by atoms with E-state index in [1.54, 1.807) is 12.3 Å². The normalized spacial score (nSPS) is 13.8. The standard InChI is InChI=1S/C24H26N4O2/c29-22(27-21-9-6-13-25-23(21)28-15-4-1-5-16-28)12-14-26-24(30)20-11-10-18-7-2-3-8-19(18)17-20/h2-3,6-11,13,17H,1,4-5,12,14-16H2,(H,26,30)(H,27,29). The van der Waals surface area contributed by atoms with Gasteiger partial charge in [0.05, 0.1) is 5.69 Å². The number of hydrogen-bond donors (Lipinski definition) is 2. The first-order chi connectivity index (χ1) is 14.7. The third kappa shape index (κ3) is 4.76. The molecular formula is C24H26N4O2. The highest BCUT2D eigenvalue weighted by Gasteiger charge is 2.17. The Morgan fingerprint density at radius 1 is 0.933 bits per heavy atom. The molecule has 0 saturated carbocycles. The van der Waals surface area contributed by atoms with E-state index in [0.717, 1.165) is 48.2 Å². The summed E-state index contributed by atoms with van der Waals surface area (Å²) in [7, 11) is 0. The topological polar surface area (TPSA) is 74.3 Å². The molecule has 154 valence electrons. The molecule has 0 atom stereocenters. The van der Waals surface area contributed by atoms with Crippen LogP contribution < -0.4 is 15.5 Å². The van der Waals surface area contributed by atoms with Crippen LogP contribution in [0.3, 0.4) is 0 Å². The number of hydrogen-bond acceptors (Lipinski definition) is 4. The van der Waals surface area contributed by atoms with Crippen molar-refractivity contribution in [2.45, 2.75) is 25.7 Å². The number of rotatable bonds is 6. The van der Waals surface area contributed by atoms with Gasteiger partial charge < -0.3 is 15.5 Å². The maximum absolute atomic E-state index is 12.4. The summed E-state index contributed by atoms with van der Waals surface area (Å²) in [6.45, 7) is 2.19. The van der Waals surface area contributed by atoms with Crippen LogP contribution in [0, 0.1) is 0 Å². The molecule has 0 spiro atoms. The number of fused-ring (bicyclic) bond motifs is 1. The maximum Gasteiger partial charge on any atom is 0.251 e. The van der Waals surface area contributed by atoms with Gasteiger partial charge in [-0.3, -0.25) is 9.59 Å². The third-order valence-electron chi connectivity index (χ3n) is 5.37. The monoisotopic (exact) mass is 402 g/mol. The Morgan fingerprint density at radius 3 is 2.57 bits per heavy atom. The lowest BCUT2D eigenvalue weighted by atomic mass is 10.1. The second kappa shape index (κ2) is 9.39. The van der Waals surface area contributed by atoms with Crippen molar-refractivity contribution in [2.75, 3.05) is 29.9 Å². The zero-order chi connectivity index (χ0) is 20.8. The van der Waals surface area contributed by atoms with Gasteiger partial charge in [-0.1, -0.05) is 30.3 Å². The van der Waals surface area contributed by atoms with Gasteiger partial charge >= 0.3 is 0 Å². The Bertz CT molecular complexity index is 1040. The van der Waals surface area contributed by atoms with Crippen LogP contribution in [0.15, 0.2) is 60.8 Å². The summed E-state index contributed by atoms with van der Waals surface area (Å²) < 4.78 is 0. The SMILES string of the molecule is O=C(CCNC(=O)c1ccc2ccccc2c1)Nc1cccnc1N1CCCCC1. The molecular weight excluding hydrogens is 376 g/mol. The predicted molar refractivity (Wildman–Crippen MR) is 120 cm³/mol. The molecule has 3 aromatic rings. The average Bonchev–Trinajstić information content (AvgIpc) is 2.79. The number of aromatic nitrogens is 1. The van der Waals surface area contributed by atoms with E-state index in [2.05, 4.69) is 20.5 Å². The number of amides is 2. The van der Waals surface area contributed by atoms with Crippen molar-refractivity contribution in [2.24, 2.45) is 0 Å². The molecule has 2 amide bonds. The first-order valence-corrected chi connectivity index (χ1v) is 10.5. The lowest BCUT2D eigenvalue weighted by Gasteiger charge is -2.29. The first-order valence-electron chi connectivity index (χ1n) is 10.5. The third-order valence-corrected chi connectivity index (χ3v) is 5.37. The number of nitrogens with zero attached hydrogens (tertiary/aromatic N) is 2. The van der Waals surface area contributed by atoms with Gasteiger partial charge in [0.1, 0.15) is 0 Å². The van der Waals surface area contributed by atoms with E-state index in [0.29, 0.717) is 5.56 Å². The Morgan fingerprint density at radius 2 is 1.73 bits per heavy atom. The fourth-order valence-corrected chi connectivity index (χ4v) is 3.79. The number of nitrogens with one attached hydrogen (secondary N) is 2.